The molecule has 3 fully saturated rings. The quantitative estimate of drug-likeness (QED) is 0.315. The Bertz CT molecular complexity index is 1130. The molecule has 4 N–H and O–H groups in total. The van der Waals surface area contributed by atoms with Gasteiger partial charge in [0.2, 0.25) is 0 Å². The van der Waals surface area contributed by atoms with Gasteiger partial charge in [-0.2, -0.15) is 0 Å². The van der Waals surface area contributed by atoms with Crippen molar-refractivity contribution in [1.82, 2.24) is 0 Å². The highest BCUT2D eigenvalue weighted by Crippen LogP contribution is 2.65. The first-order valence-corrected chi connectivity index (χ1v) is 12.7. The molecule has 5 aliphatic rings. The maximum Gasteiger partial charge on any atom is 0.326 e. The van der Waals surface area contributed by atoms with E-state index in [4.69, 9.17) is 9.84 Å². The first-order chi connectivity index (χ1) is 16.6. The van der Waals surface area contributed by atoms with Crippen LogP contribution < -0.4 is 10.1 Å². The number of nitrogens with one attached hydrogen (secondary N) is 1. The number of likely N-dealkylation sites (tertiary alicyclic amines) is 1. The van der Waals surface area contributed by atoms with Crippen molar-refractivity contribution in [3.63, 3.8) is 0 Å². The van der Waals surface area contributed by atoms with Gasteiger partial charge in [0, 0.05) is 37.2 Å². The van der Waals surface area contributed by atoms with Gasteiger partial charge in [-0.15, -0.1) is 0 Å². The fourth-order valence-corrected chi connectivity index (χ4v) is 7.78. The highest BCUT2D eigenvalue weighted by molar-refractivity contribution is 5.91. The number of hydrogen-bond acceptors (Lipinski definition) is 6. The predicted octanol–water partition coefficient (Wildman–Crippen LogP) is 2.14. The van der Waals surface area contributed by atoms with Crippen LogP contribution in [0, 0.1) is 13.3 Å². The highest BCUT2D eigenvalue weighted by Gasteiger charge is 2.76. The van der Waals surface area contributed by atoms with E-state index < -0.39 is 35.1 Å². The second-order valence-electron chi connectivity index (χ2n) is 11.6. The highest BCUT2D eigenvalue weighted by atomic mass is 16.5. The van der Waals surface area contributed by atoms with Crippen molar-refractivity contribution < 1.29 is 38.9 Å². The summed E-state index contributed by atoms with van der Waals surface area (Å²) in [6.45, 7) is 1.91. The zero-order valence-corrected chi connectivity index (χ0v) is 21.0. The summed E-state index contributed by atoms with van der Waals surface area (Å²) < 4.78 is 7.18. The Hall–Kier alpha value is -2.65. The first kappa shape index (κ1) is 25.0. The number of rotatable bonds is 8. The summed E-state index contributed by atoms with van der Waals surface area (Å²) in [7, 11) is 2.26. The number of nitrogens with zero attached hydrogens (tertiary/aromatic N) is 1. The number of carboxylic acid groups (broad SMARTS) is 2. The molecule has 2 bridgehead atoms. The van der Waals surface area contributed by atoms with Gasteiger partial charge in [0.05, 0.1) is 31.2 Å². The summed E-state index contributed by atoms with van der Waals surface area (Å²) in [4.78, 5) is 36.1. The summed E-state index contributed by atoms with van der Waals surface area (Å²) in [5, 5.41) is 34.1. The van der Waals surface area contributed by atoms with E-state index in [0.29, 0.717) is 36.6 Å². The van der Waals surface area contributed by atoms with Crippen molar-refractivity contribution >= 4 is 23.4 Å². The fourth-order valence-electron chi connectivity index (χ4n) is 7.78. The number of anilines is 1. The lowest BCUT2D eigenvalue weighted by molar-refractivity contribution is -0.950. The number of carbonyl (C=O) groups excluding carboxylic acids is 1. The standard InChI is InChI=1S/C26H32N2O7.CH3/c1-28(13-14-2-3-14)11-10-25-21-15-4-5-16(27-17(24(32)33)6-7-20(30)31)22(21)35-23(25)18(29)8-9-26(25,34)19(28)12-15;/h4-5,14,17,19,23,27,34H,2-3,6-13H2,1H3,(H-,30,31,32,33);1H3/q;-1/p+1/t17-,19+,23-,25-,26+,28+;/m0./s1. The maximum atomic E-state index is 13.2. The predicted molar refractivity (Wildman–Crippen MR) is 131 cm³/mol. The van der Waals surface area contributed by atoms with Crippen LogP contribution in [-0.4, -0.2) is 81.5 Å². The molecule has 2 aliphatic heterocycles. The molecule has 9 nitrogen and oxygen atoms in total. The van der Waals surface area contributed by atoms with Gasteiger partial charge in [0.25, 0.3) is 0 Å². The summed E-state index contributed by atoms with van der Waals surface area (Å²) in [6.07, 6.45) is 3.37. The maximum absolute atomic E-state index is 13.2. The average molecular weight is 501 g/mol. The van der Waals surface area contributed by atoms with Crippen LogP contribution in [-0.2, 0) is 26.2 Å². The minimum atomic E-state index is -1.15. The summed E-state index contributed by atoms with van der Waals surface area (Å²) in [6, 6.07) is 2.63. The number of aliphatic hydroxyl groups is 1. The molecule has 6 rings (SSSR count). The van der Waals surface area contributed by atoms with E-state index in [1.807, 2.05) is 6.07 Å². The number of carboxylic acids is 2. The second kappa shape index (κ2) is 8.18. The number of Topliss-reactive ketones (excluding diaryl/α,β-unsaturated/α-hetero) is 1. The Morgan fingerprint density at radius 2 is 2.00 bits per heavy atom. The number of aliphatic carboxylic acids is 2. The molecule has 3 aliphatic carbocycles. The third kappa shape index (κ3) is 3.31. The fraction of sp³-hybridized carbons (Fsp3) is 0.630. The third-order valence-electron chi connectivity index (χ3n) is 9.57. The number of quaternary nitrogens is 1. The van der Waals surface area contributed by atoms with Crippen LogP contribution in [0.1, 0.15) is 56.1 Å². The van der Waals surface area contributed by atoms with Crippen LogP contribution >= 0.6 is 0 Å². The molecule has 1 aromatic rings. The van der Waals surface area contributed by atoms with E-state index in [0.717, 1.165) is 28.7 Å². The van der Waals surface area contributed by atoms with Gasteiger partial charge >= 0.3 is 11.9 Å². The largest absolute Gasteiger partial charge is 0.481 e. The zero-order valence-electron chi connectivity index (χ0n) is 21.0. The zero-order chi connectivity index (χ0) is 24.8. The van der Waals surface area contributed by atoms with Crippen LogP contribution in [0.25, 0.3) is 0 Å². The van der Waals surface area contributed by atoms with Crippen molar-refractivity contribution in [3.8, 4) is 5.75 Å². The Labute approximate surface area is 211 Å². The number of ketones is 1. The van der Waals surface area contributed by atoms with Gasteiger partial charge in [-0.05, 0) is 37.3 Å². The number of hydrogen-bond donors (Lipinski definition) is 4. The van der Waals surface area contributed by atoms with Gasteiger partial charge in [0.1, 0.15) is 23.4 Å². The van der Waals surface area contributed by atoms with Gasteiger partial charge < -0.3 is 37.3 Å². The minimum Gasteiger partial charge on any atom is -0.481 e. The monoisotopic (exact) mass is 500 g/mol. The van der Waals surface area contributed by atoms with Crippen LogP contribution in [0.15, 0.2) is 12.1 Å². The molecule has 1 aromatic carbocycles. The molecule has 6 atom stereocenters. The van der Waals surface area contributed by atoms with E-state index in [1.165, 1.54) is 12.8 Å². The van der Waals surface area contributed by atoms with Crippen LogP contribution in [0.5, 0.6) is 5.75 Å². The molecule has 1 spiro atoms. The molecule has 0 unspecified atom stereocenters. The van der Waals surface area contributed by atoms with E-state index in [-0.39, 0.29) is 38.5 Å². The van der Waals surface area contributed by atoms with Gasteiger partial charge in [-0.1, -0.05) is 6.07 Å². The van der Waals surface area contributed by atoms with Crippen LogP contribution in [0.2, 0.25) is 0 Å². The van der Waals surface area contributed by atoms with Gasteiger partial charge in [-0.25, -0.2) is 4.79 Å². The second-order valence-corrected chi connectivity index (χ2v) is 11.6. The number of carbonyl (C=O) groups is 3. The lowest BCUT2D eigenvalue weighted by Gasteiger charge is -2.64. The van der Waals surface area contributed by atoms with Crippen LogP contribution in [0.4, 0.5) is 5.69 Å². The Morgan fingerprint density at radius 1 is 1.25 bits per heavy atom. The molecule has 2 heterocycles. The van der Waals surface area contributed by atoms with E-state index in [2.05, 4.69) is 12.4 Å². The van der Waals surface area contributed by atoms with E-state index in [1.54, 1.807) is 6.07 Å². The normalized spacial score (nSPS) is 36.2. The van der Waals surface area contributed by atoms with E-state index in [9.17, 15) is 24.6 Å². The summed E-state index contributed by atoms with van der Waals surface area (Å²) >= 11 is 0. The Morgan fingerprint density at radius 3 is 2.67 bits per heavy atom. The molecular formula is C27H36N2O7. The first-order valence-electron chi connectivity index (χ1n) is 12.7. The molecular weight excluding hydrogens is 464 g/mol. The lowest BCUT2D eigenvalue weighted by Crippen LogP contribution is -2.80. The Balaban J connectivity index is 0.00000267. The summed E-state index contributed by atoms with van der Waals surface area (Å²) in [5.41, 5.74) is 0.475. The number of piperidine rings is 1. The van der Waals surface area contributed by atoms with Crippen molar-refractivity contribution in [2.45, 2.75) is 80.6 Å². The van der Waals surface area contributed by atoms with Crippen molar-refractivity contribution in [1.29, 1.82) is 0 Å². The molecule has 9 heteroatoms. The van der Waals surface area contributed by atoms with Crippen molar-refractivity contribution in [2.75, 3.05) is 25.5 Å². The molecule has 1 saturated heterocycles. The summed E-state index contributed by atoms with van der Waals surface area (Å²) in [5.74, 6) is -1.06. The van der Waals surface area contributed by atoms with Gasteiger partial charge in [-0.3, -0.25) is 9.59 Å². The molecule has 0 amide bonds. The molecule has 36 heavy (non-hydrogen) atoms. The molecule has 0 aromatic heterocycles. The minimum absolute atomic E-state index is 0. The third-order valence-corrected chi connectivity index (χ3v) is 9.57. The number of likely N-dealkylation sites (N-methyl/N-ethyl adjacent to an activating group) is 1. The molecule has 0 radical (unpaired) electrons. The van der Waals surface area contributed by atoms with Crippen LogP contribution in [0.3, 0.4) is 0 Å². The SMILES string of the molecule is C[N@+]1(CC2CC2)CC[C@]23c4c5ccc(N[C@@H](CCC(=O)O)C(=O)O)c4O[C@H]2C(=O)CC[C@@]3(O)[C@H]1C5.[CH3-]. The Kier molecular flexibility index (Phi) is 5.68. The average Bonchev–Trinajstić information content (AvgIpc) is 3.52. The van der Waals surface area contributed by atoms with Gasteiger partial charge in [0.15, 0.2) is 11.9 Å². The molecule has 196 valence electrons. The van der Waals surface area contributed by atoms with Crippen molar-refractivity contribution in [3.05, 3.63) is 30.7 Å². The number of ether oxygens (including phenoxy) is 1. The van der Waals surface area contributed by atoms with Crippen molar-refractivity contribution in [2.24, 2.45) is 5.92 Å². The molecule has 2 saturated carbocycles. The smallest absolute Gasteiger partial charge is 0.326 e. The number of benzene rings is 1. The topological polar surface area (TPSA) is 133 Å². The lowest BCUT2D eigenvalue weighted by atomic mass is 9.48. The van der Waals surface area contributed by atoms with E-state index >= 15 is 0 Å².